The average molecular weight is 362 g/mol. The summed E-state index contributed by atoms with van der Waals surface area (Å²) in [5, 5.41) is 3.60. The number of carbonyl (C=O) groups is 1. The lowest BCUT2D eigenvalue weighted by atomic mass is 10.2. The smallest absolute Gasteiger partial charge is 0.419 e. The third-order valence-electron chi connectivity index (χ3n) is 3.95. The molecule has 1 amide bonds. The molecule has 136 valence electrons. The van der Waals surface area contributed by atoms with Crippen LogP contribution in [0.4, 0.5) is 18.9 Å². The van der Waals surface area contributed by atoms with Gasteiger partial charge in [-0.3, -0.25) is 4.79 Å². The molecule has 1 aromatic heterocycles. The molecule has 4 nitrogen and oxygen atoms in total. The number of anilines is 1. The molecule has 0 spiro atoms. The molecule has 0 atom stereocenters. The Balaban J connectivity index is 1.67. The van der Waals surface area contributed by atoms with Crippen LogP contribution in [0.15, 0.2) is 54.7 Å². The number of alkyl halides is 3. The van der Waals surface area contributed by atoms with E-state index in [4.69, 9.17) is 4.74 Å². The molecular formula is C19H17F3N2O2. The maximum Gasteiger partial charge on any atom is 0.419 e. The van der Waals surface area contributed by atoms with Gasteiger partial charge in [-0.15, -0.1) is 0 Å². The molecule has 3 aromatic rings. The van der Waals surface area contributed by atoms with Gasteiger partial charge in [0, 0.05) is 29.3 Å². The van der Waals surface area contributed by atoms with Crippen LogP contribution in [0, 0.1) is 0 Å². The number of aromatic nitrogens is 1. The number of hydrogen-bond acceptors (Lipinski definition) is 2. The summed E-state index contributed by atoms with van der Waals surface area (Å²) >= 11 is 0. The van der Waals surface area contributed by atoms with Gasteiger partial charge in [-0.05, 0) is 43.3 Å². The monoisotopic (exact) mass is 362 g/mol. The number of carbonyl (C=O) groups excluding carboxylic acids is 1. The van der Waals surface area contributed by atoms with Crippen molar-refractivity contribution in [3.8, 4) is 5.75 Å². The Morgan fingerprint density at radius 1 is 1.15 bits per heavy atom. The maximum atomic E-state index is 12.9. The molecule has 0 aliphatic carbocycles. The van der Waals surface area contributed by atoms with Gasteiger partial charge in [0.1, 0.15) is 5.75 Å². The van der Waals surface area contributed by atoms with Crippen molar-refractivity contribution in [1.82, 2.24) is 4.57 Å². The van der Waals surface area contributed by atoms with E-state index < -0.39 is 24.3 Å². The van der Waals surface area contributed by atoms with Crippen LogP contribution in [0.2, 0.25) is 0 Å². The summed E-state index contributed by atoms with van der Waals surface area (Å²) in [4.78, 5) is 12.0. The van der Waals surface area contributed by atoms with Gasteiger partial charge in [0.25, 0.3) is 5.91 Å². The van der Waals surface area contributed by atoms with Gasteiger partial charge >= 0.3 is 6.18 Å². The highest BCUT2D eigenvalue weighted by Gasteiger charge is 2.34. The van der Waals surface area contributed by atoms with E-state index in [1.165, 1.54) is 18.2 Å². The second-order valence-corrected chi connectivity index (χ2v) is 5.71. The number of amides is 1. The van der Waals surface area contributed by atoms with Gasteiger partial charge in [0.15, 0.2) is 6.61 Å². The summed E-state index contributed by atoms with van der Waals surface area (Å²) in [5.74, 6) is -0.901. The van der Waals surface area contributed by atoms with Crippen molar-refractivity contribution in [3.63, 3.8) is 0 Å². The molecular weight excluding hydrogens is 345 g/mol. The van der Waals surface area contributed by atoms with E-state index in [0.29, 0.717) is 5.69 Å². The lowest BCUT2D eigenvalue weighted by molar-refractivity contribution is -0.139. The van der Waals surface area contributed by atoms with Crippen molar-refractivity contribution >= 4 is 22.5 Å². The summed E-state index contributed by atoms with van der Waals surface area (Å²) in [6, 6.07) is 12.2. The molecule has 0 saturated carbocycles. The van der Waals surface area contributed by atoms with Crippen LogP contribution in [0.25, 0.3) is 10.9 Å². The number of nitrogens with one attached hydrogen (secondary N) is 1. The van der Waals surface area contributed by atoms with Crippen molar-refractivity contribution in [1.29, 1.82) is 0 Å². The number of fused-ring (bicyclic) bond motifs is 1. The zero-order valence-corrected chi connectivity index (χ0v) is 14.0. The molecule has 0 aliphatic rings. The van der Waals surface area contributed by atoms with Crippen molar-refractivity contribution < 1.29 is 22.7 Å². The zero-order valence-electron chi connectivity index (χ0n) is 14.0. The summed E-state index contributed by atoms with van der Waals surface area (Å²) in [6.45, 7) is 2.36. The lowest BCUT2D eigenvalue weighted by Crippen LogP contribution is -2.21. The molecule has 1 N–H and O–H groups in total. The summed E-state index contributed by atoms with van der Waals surface area (Å²) in [5.41, 5.74) is 0.694. The first kappa shape index (κ1) is 17.8. The Kier molecular flexibility index (Phi) is 4.88. The lowest BCUT2D eigenvalue weighted by Gasteiger charge is -2.13. The largest absolute Gasteiger partial charge is 0.483 e. The van der Waals surface area contributed by atoms with Crippen LogP contribution in [-0.4, -0.2) is 17.1 Å². The van der Waals surface area contributed by atoms with Gasteiger partial charge < -0.3 is 14.6 Å². The van der Waals surface area contributed by atoms with Gasteiger partial charge in [0.05, 0.1) is 5.56 Å². The van der Waals surface area contributed by atoms with Crippen LogP contribution in [0.5, 0.6) is 5.75 Å². The molecule has 0 radical (unpaired) electrons. The summed E-state index contributed by atoms with van der Waals surface area (Å²) in [7, 11) is 0. The fraction of sp³-hybridized carbons (Fsp3) is 0.211. The molecule has 1 heterocycles. The van der Waals surface area contributed by atoms with Crippen LogP contribution >= 0.6 is 0 Å². The second kappa shape index (κ2) is 7.11. The maximum absolute atomic E-state index is 12.9. The van der Waals surface area contributed by atoms with Crippen molar-refractivity contribution in [2.75, 3.05) is 11.9 Å². The Bertz CT molecular complexity index is 932. The van der Waals surface area contributed by atoms with E-state index in [0.717, 1.165) is 23.5 Å². The third-order valence-corrected chi connectivity index (χ3v) is 3.95. The van der Waals surface area contributed by atoms with Crippen LogP contribution in [0.1, 0.15) is 12.5 Å². The molecule has 26 heavy (non-hydrogen) atoms. The van der Waals surface area contributed by atoms with Crippen LogP contribution in [0.3, 0.4) is 0 Å². The van der Waals surface area contributed by atoms with Crippen LogP contribution in [-0.2, 0) is 17.5 Å². The molecule has 0 unspecified atom stereocenters. The molecule has 0 saturated heterocycles. The number of para-hydroxylation sites is 1. The highest BCUT2D eigenvalue weighted by Crippen LogP contribution is 2.35. The van der Waals surface area contributed by atoms with Gasteiger partial charge in [-0.1, -0.05) is 12.1 Å². The third kappa shape index (κ3) is 3.82. The number of rotatable bonds is 5. The number of aryl methyl sites for hydroxylation is 1. The number of nitrogens with zero attached hydrogens (tertiary/aromatic N) is 1. The topological polar surface area (TPSA) is 43.3 Å². The van der Waals surface area contributed by atoms with E-state index in [2.05, 4.69) is 9.88 Å². The minimum absolute atomic E-state index is 0.370. The number of halogens is 3. The Morgan fingerprint density at radius 2 is 1.92 bits per heavy atom. The van der Waals surface area contributed by atoms with Gasteiger partial charge in [0.2, 0.25) is 0 Å². The molecule has 0 aliphatic heterocycles. The van der Waals surface area contributed by atoms with E-state index in [1.54, 1.807) is 6.07 Å². The predicted molar refractivity (Wildman–Crippen MR) is 93.2 cm³/mol. The molecule has 0 fully saturated rings. The number of hydrogen-bond donors (Lipinski definition) is 1. The SMILES string of the molecule is CCn1ccc2cc(NC(=O)COc3ccccc3C(F)(F)F)ccc21. The van der Waals surface area contributed by atoms with E-state index in [1.807, 2.05) is 31.3 Å². The highest BCUT2D eigenvalue weighted by molar-refractivity contribution is 5.94. The molecule has 3 rings (SSSR count). The first-order chi connectivity index (χ1) is 12.4. The van der Waals surface area contributed by atoms with Crippen molar-refractivity contribution in [2.45, 2.75) is 19.6 Å². The Morgan fingerprint density at radius 3 is 2.65 bits per heavy atom. The van der Waals surface area contributed by atoms with Crippen molar-refractivity contribution in [3.05, 3.63) is 60.3 Å². The second-order valence-electron chi connectivity index (χ2n) is 5.71. The number of ether oxygens (including phenoxy) is 1. The quantitative estimate of drug-likeness (QED) is 0.715. The first-order valence-corrected chi connectivity index (χ1v) is 8.06. The summed E-state index contributed by atoms with van der Waals surface area (Å²) < 4.78 is 45.9. The molecule has 2 aromatic carbocycles. The Hall–Kier alpha value is -2.96. The molecule has 7 heteroatoms. The van der Waals surface area contributed by atoms with Crippen LogP contribution < -0.4 is 10.1 Å². The fourth-order valence-corrected chi connectivity index (χ4v) is 2.72. The Labute approximate surface area is 148 Å². The number of benzene rings is 2. The minimum Gasteiger partial charge on any atom is -0.483 e. The fourth-order valence-electron chi connectivity index (χ4n) is 2.72. The standard InChI is InChI=1S/C19H17F3N2O2/c1-2-24-10-9-13-11-14(7-8-16(13)24)23-18(25)12-26-17-6-4-3-5-15(17)19(20,21)22/h3-11H,2,12H2,1H3,(H,23,25). The predicted octanol–water partition coefficient (Wildman–Crippen LogP) is 4.70. The highest BCUT2D eigenvalue weighted by atomic mass is 19.4. The van der Waals surface area contributed by atoms with Gasteiger partial charge in [-0.25, -0.2) is 0 Å². The van der Waals surface area contributed by atoms with Gasteiger partial charge in [-0.2, -0.15) is 13.2 Å². The first-order valence-electron chi connectivity index (χ1n) is 8.06. The minimum atomic E-state index is -4.54. The van der Waals surface area contributed by atoms with E-state index >= 15 is 0 Å². The normalized spacial score (nSPS) is 11.5. The zero-order chi connectivity index (χ0) is 18.7. The summed E-state index contributed by atoms with van der Waals surface area (Å²) in [6.07, 6.45) is -2.59. The average Bonchev–Trinajstić information content (AvgIpc) is 3.01. The van der Waals surface area contributed by atoms with E-state index in [9.17, 15) is 18.0 Å². The molecule has 0 bridgehead atoms. The van der Waals surface area contributed by atoms with E-state index in [-0.39, 0.29) is 5.75 Å². The van der Waals surface area contributed by atoms with Crippen molar-refractivity contribution in [2.24, 2.45) is 0 Å².